The fraction of sp³-hybridized carbons (Fsp3) is 0.321. The minimum atomic E-state index is -1.01. The van der Waals surface area contributed by atoms with Crippen molar-refractivity contribution < 1.29 is 13.6 Å². The number of carbonyl (C=O) groups excluding carboxylic acids is 1. The highest BCUT2D eigenvalue weighted by atomic mass is 19.2. The number of amides is 1. The molecule has 8 nitrogen and oxygen atoms in total. The van der Waals surface area contributed by atoms with Crippen molar-refractivity contribution in [1.82, 2.24) is 24.8 Å². The van der Waals surface area contributed by atoms with Crippen molar-refractivity contribution in [2.75, 3.05) is 11.9 Å². The van der Waals surface area contributed by atoms with E-state index < -0.39 is 23.1 Å². The van der Waals surface area contributed by atoms with E-state index >= 15 is 0 Å². The molecule has 1 saturated carbocycles. The number of anilines is 1. The van der Waals surface area contributed by atoms with E-state index in [0.29, 0.717) is 11.6 Å². The highest BCUT2D eigenvalue weighted by Crippen LogP contribution is 2.29. The largest absolute Gasteiger partial charge is 0.356 e. The standard InChI is InChI=1S/C28H28F2N6O2/c1-35(20-5-3-2-4-6-20)26-21-11-18(8-10-25(21)33-16-34-26)13-32-27(37)22-14-31-17-36(28(22)38)15-19-7-9-23(29)24(30)12-19/h7-12,14,16-17,20H,2-6,13,15H2,1H3,(H,32,37). The van der Waals surface area contributed by atoms with Crippen molar-refractivity contribution in [2.45, 2.75) is 51.2 Å². The number of hydrogen-bond donors (Lipinski definition) is 1. The van der Waals surface area contributed by atoms with E-state index in [1.165, 1.54) is 42.4 Å². The molecule has 2 aromatic carbocycles. The zero-order chi connectivity index (χ0) is 26.6. The highest BCUT2D eigenvalue weighted by molar-refractivity contribution is 5.94. The zero-order valence-electron chi connectivity index (χ0n) is 21.0. The summed E-state index contributed by atoms with van der Waals surface area (Å²) in [6.07, 6.45) is 10.0. The molecule has 1 aliphatic carbocycles. The second-order valence-corrected chi connectivity index (χ2v) is 9.62. The van der Waals surface area contributed by atoms with E-state index in [1.54, 1.807) is 6.33 Å². The summed E-state index contributed by atoms with van der Waals surface area (Å²) in [7, 11) is 2.07. The molecule has 5 rings (SSSR count). The Balaban J connectivity index is 1.32. The maximum absolute atomic E-state index is 13.6. The number of nitrogens with one attached hydrogen (secondary N) is 1. The third kappa shape index (κ3) is 5.39. The van der Waals surface area contributed by atoms with Crippen LogP contribution in [0.1, 0.15) is 53.6 Å². The van der Waals surface area contributed by atoms with Crippen LogP contribution in [0, 0.1) is 11.6 Å². The van der Waals surface area contributed by atoms with Gasteiger partial charge in [0.15, 0.2) is 11.6 Å². The third-order valence-electron chi connectivity index (χ3n) is 7.07. The lowest BCUT2D eigenvalue weighted by atomic mass is 9.94. The van der Waals surface area contributed by atoms with E-state index in [-0.39, 0.29) is 18.7 Å². The summed E-state index contributed by atoms with van der Waals surface area (Å²) in [5.74, 6) is -1.69. The molecule has 0 saturated heterocycles. The topological polar surface area (TPSA) is 93.0 Å². The zero-order valence-corrected chi connectivity index (χ0v) is 21.0. The predicted molar refractivity (Wildman–Crippen MR) is 140 cm³/mol. The van der Waals surface area contributed by atoms with Crippen LogP contribution in [0.15, 0.2) is 60.0 Å². The second-order valence-electron chi connectivity index (χ2n) is 9.62. The average molecular weight is 519 g/mol. The van der Waals surface area contributed by atoms with E-state index in [4.69, 9.17) is 0 Å². The Hall–Kier alpha value is -4.21. The van der Waals surface area contributed by atoms with Crippen molar-refractivity contribution in [1.29, 1.82) is 0 Å². The fourth-order valence-electron chi connectivity index (χ4n) is 4.95. The lowest BCUT2D eigenvalue weighted by molar-refractivity contribution is 0.0948. The predicted octanol–water partition coefficient (Wildman–Crippen LogP) is 4.21. The molecule has 1 fully saturated rings. The Morgan fingerprint density at radius 3 is 2.63 bits per heavy atom. The smallest absolute Gasteiger partial charge is 0.266 e. The normalized spacial score (nSPS) is 14.0. The summed E-state index contributed by atoms with van der Waals surface area (Å²) >= 11 is 0. The summed E-state index contributed by atoms with van der Waals surface area (Å²) in [5, 5.41) is 3.69. The average Bonchev–Trinajstić information content (AvgIpc) is 2.94. The van der Waals surface area contributed by atoms with Crippen LogP contribution in [0.4, 0.5) is 14.6 Å². The Bertz CT molecular complexity index is 1530. The van der Waals surface area contributed by atoms with Gasteiger partial charge in [-0.3, -0.25) is 14.2 Å². The molecule has 0 aliphatic heterocycles. The van der Waals surface area contributed by atoms with Crippen molar-refractivity contribution >= 4 is 22.6 Å². The van der Waals surface area contributed by atoms with Gasteiger partial charge in [0.2, 0.25) is 0 Å². The molecule has 0 atom stereocenters. The van der Waals surface area contributed by atoms with Crippen molar-refractivity contribution in [3.05, 3.63) is 93.9 Å². The molecule has 38 heavy (non-hydrogen) atoms. The Labute approximate surface area is 218 Å². The fourth-order valence-corrected chi connectivity index (χ4v) is 4.95. The van der Waals surface area contributed by atoms with Gasteiger partial charge in [0.25, 0.3) is 11.5 Å². The van der Waals surface area contributed by atoms with Gasteiger partial charge in [-0.1, -0.05) is 31.4 Å². The number of fused-ring (bicyclic) bond motifs is 1. The molecule has 0 spiro atoms. The molecule has 1 aliphatic rings. The van der Waals surface area contributed by atoms with E-state index in [0.717, 1.165) is 47.3 Å². The number of benzene rings is 2. The maximum atomic E-state index is 13.6. The summed E-state index contributed by atoms with van der Waals surface area (Å²) < 4.78 is 28.0. The van der Waals surface area contributed by atoms with Crippen LogP contribution in [0.2, 0.25) is 0 Å². The van der Waals surface area contributed by atoms with Crippen LogP contribution in [-0.4, -0.2) is 38.5 Å². The van der Waals surface area contributed by atoms with Gasteiger partial charge in [-0.2, -0.15) is 0 Å². The van der Waals surface area contributed by atoms with Gasteiger partial charge >= 0.3 is 0 Å². The molecule has 2 heterocycles. The Morgan fingerprint density at radius 2 is 1.84 bits per heavy atom. The van der Waals surface area contributed by atoms with Crippen molar-refractivity contribution in [2.24, 2.45) is 0 Å². The van der Waals surface area contributed by atoms with E-state index in [1.807, 2.05) is 18.2 Å². The van der Waals surface area contributed by atoms with Crippen LogP contribution in [0.25, 0.3) is 10.9 Å². The van der Waals surface area contributed by atoms with Crippen LogP contribution in [0.5, 0.6) is 0 Å². The van der Waals surface area contributed by atoms with Crippen LogP contribution < -0.4 is 15.8 Å². The molecule has 10 heteroatoms. The number of halogens is 2. The minimum absolute atomic E-state index is 0.0495. The molecule has 1 amide bonds. The Kier molecular flexibility index (Phi) is 7.39. The monoisotopic (exact) mass is 518 g/mol. The Morgan fingerprint density at radius 1 is 1.05 bits per heavy atom. The second kappa shape index (κ2) is 11.0. The van der Waals surface area contributed by atoms with Gasteiger partial charge in [-0.25, -0.2) is 23.7 Å². The van der Waals surface area contributed by atoms with Crippen LogP contribution >= 0.6 is 0 Å². The number of nitrogens with zero attached hydrogens (tertiary/aromatic N) is 5. The molecule has 0 bridgehead atoms. The summed E-state index contributed by atoms with van der Waals surface area (Å²) in [5.41, 5.74) is 1.31. The van der Waals surface area contributed by atoms with E-state index in [2.05, 4.69) is 32.2 Å². The first-order valence-electron chi connectivity index (χ1n) is 12.6. The first-order valence-corrected chi connectivity index (χ1v) is 12.6. The lowest BCUT2D eigenvalue weighted by Crippen LogP contribution is -2.34. The van der Waals surface area contributed by atoms with Crippen LogP contribution in [0.3, 0.4) is 0 Å². The van der Waals surface area contributed by atoms with Gasteiger partial charge in [-0.05, 0) is 48.2 Å². The molecule has 4 aromatic rings. The molecular weight excluding hydrogens is 490 g/mol. The van der Waals surface area contributed by atoms with Gasteiger partial charge in [0, 0.05) is 31.2 Å². The first kappa shape index (κ1) is 25.4. The highest BCUT2D eigenvalue weighted by Gasteiger charge is 2.21. The number of aromatic nitrogens is 4. The summed E-state index contributed by atoms with van der Waals surface area (Å²) in [6.45, 7) is 0.139. The SMILES string of the molecule is CN(c1ncnc2ccc(CNC(=O)c3cncn(Cc4ccc(F)c(F)c4)c3=O)cc12)C1CCCCC1. The van der Waals surface area contributed by atoms with E-state index in [9.17, 15) is 18.4 Å². The molecule has 196 valence electrons. The molecule has 2 aromatic heterocycles. The third-order valence-corrected chi connectivity index (χ3v) is 7.07. The summed E-state index contributed by atoms with van der Waals surface area (Å²) in [6, 6.07) is 9.56. The van der Waals surface area contributed by atoms with Crippen molar-refractivity contribution in [3.8, 4) is 0 Å². The molecule has 0 unspecified atom stereocenters. The van der Waals surface area contributed by atoms with Gasteiger partial charge < -0.3 is 10.2 Å². The molecular formula is C28H28F2N6O2. The maximum Gasteiger partial charge on any atom is 0.266 e. The lowest BCUT2D eigenvalue weighted by Gasteiger charge is -2.32. The first-order chi connectivity index (χ1) is 18.4. The van der Waals surface area contributed by atoms with Gasteiger partial charge in [-0.15, -0.1) is 0 Å². The number of hydrogen-bond acceptors (Lipinski definition) is 6. The molecule has 1 N–H and O–H groups in total. The van der Waals surface area contributed by atoms with Gasteiger partial charge in [0.05, 0.1) is 18.4 Å². The minimum Gasteiger partial charge on any atom is -0.356 e. The number of carbonyl (C=O) groups is 1. The summed E-state index contributed by atoms with van der Waals surface area (Å²) in [4.78, 5) is 41.0. The van der Waals surface area contributed by atoms with Gasteiger partial charge in [0.1, 0.15) is 17.7 Å². The quantitative estimate of drug-likeness (QED) is 0.394. The van der Waals surface area contributed by atoms with Crippen molar-refractivity contribution in [3.63, 3.8) is 0 Å². The molecule has 0 radical (unpaired) electrons. The van der Waals surface area contributed by atoms with Crippen LogP contribution in [-0.2, 0) is 13.1 Å². The number of rotatable bonds is 7.